The summed E-state index contributed by atoms with van der Waals surface area (Å²) in [6, 6.07) is 0.296. The summed E-state index contributed by atoms with van der Waals surface area (Å²) in [4.78, 5) is 20.3. The van der Waals surface area contributed by atoms with E-state index in [4.69, 9.17) is 0 Å². The SMILES string of the molecule is O=C(CC12CC3CC(CC(C3)C1)C2)NC1CCc2nc[nH]c2C1. The maximum atomic E-state index is 12.7. The number of rotatable bonds is 3. The Morgan fingerprint density at radius 1 is 1.22 bits per heavy atom. The van der Waals surface area contributed by atoms with Gasteiger partial charge in [0.25, 0.3) is 0 Å². The van der Waals surface area contributed by atoms with Gasteiger partial charge in [0.05, 0.1) is 12.0 Å². The van der Waals surface area contributed by atoms with E-state index in [1.165, 1.54) is 49.9 Å². The molecule has 4 heteroatoms. The molecular formula is C19H27N3O. The van der Waals surface area contributed by atoms with Gasteiger partial charge in [-0.1, -0.05) is 0 Å². The Morgan fingerprint density at radius 3 is 2.61 bits per heavy atom. The molecule has 4 saturated carbocycles. The summed E-state index contributed by atoms with van der Waals surface area (Å²) in [6.07, 6.45) is 13.8. The third kappa shape index (κ3) is 2.50. The topological polar surface area (TPSA) is 57.8 Å². The van der Waals surface area contributed by atoms with Gasteiger partial charge in [-0.3, -0.25) is 4.79 Å². The van der Waals surface area contributed by atoms with Crippen molar-refractivity contribution in [3.63, 3.8) is 0 Å². The Bertz CT molecular complexity index is 585. The molecule has 0 spiro atoms. The average molecular weight is 313 g/mol. The Hall–Kier alpha value is -1.32. The number of aromatic nitrogens is 2. The van der Waals surface area contributed by atoms with Crippen LogP contribution < -0.4 is 5.32 Å². The lowest BCUT2D eigenvalue weighted by atomic mass is 9.49. The van der Waals surface area contributed by atoms with E-state index in [9.17, 15) is 4.79 Å². The van der Waals surface area contributed by atoms with Crippen LogP contribution >= 0.6 is 0 Å². The third-order valence-corrected chi connectivity index (χ3v) is 7.05. The maximum absolute atomic E-state index is 12.7. The minimum absolute atomic E-state index is 0.296. The number of aryl methyl sites for hydroxylation is 1. The summed E-state index contributed by atoms with van der Waals surface area (Å²) >= 11 is 0. The number of hydrogen-bond acceptors (Lipinski definition) is 2. The Labute approximate surface area is 137 Å². The molecule has 5 aliphatic carbocycles. The highest BCUT2D eigenvalue weighted by atomic mass is 16.1. The van der Waals surface area contributed by atoms with Crippen LogP contribution in [0.2, 0.25) is 0 Å². The van der Waals surface area contributed by atoms with E-state index in [2.05, 4.69) is 15.3 Å². The number of fused-ring (bicyclic) bond motifs is 1. The Morgan fingerprint density at radius 2 is 1.91 bits per heavy atom. The largest absolute Gasteiger partial charge is 0.353 e. The molecular weight excluding hydrogens is 286 g/mol. The van der Waals surface area contributed by atoms with Gasteiger partial charge in [-0.2, -0.15) is 0 Å². The van der Waals surface area contributed by atoms with Crippen LogP contribution in [0.3, 0.4) is 0 Å². The molecule has 5 aliphatic rings. The first-order chi connectivity index (χ1) is 11.2. The van der Waals surface area contributed by atoms with Crippen LogP contribution in [0, 0.1) is 23.2 Å². The minimum atomic E-state index is 0.296. The molecule has 0 aromatic carbocycles. The smallest absolute Gasteiger partial charge is 0.220 e. The second kappa shape index (κ2) is 5.09. The highest BCUT2D eigenvalue weighted by Crippen LogP contribution is 2.61. The van der Waals surface area contributed by atoms with Crippen molar-refractivity contribution < 1.29 is 4.79 Å². The summed E-state index contributed by atoms with van der Waals surface area (Å²) in [5, 5.41) is 3.34. The molecule has 4 fully saturated rings. The molecule has 1 atom stereocenters. The summed E-state index contributed by atoms with van der Waals surface area (Å²) in [5.74, 6) is 3.09. The van der Waals surface area contributed by atoms with Gasteiger partial charge in [-0.05, 0) is 74.5 Å². The van der Waals surface area contributed by atoms with E-state index < -0.39 is 0 Å². The van der Waals surface area contributed by atoms with Gasteiger partial charge in [0, 0.05) is 24.6 Å². The molecule has 0 saturated heterocycles. The van der Waals surface area contributed by atoms with Crippen LogP contribution in [-0.4, -0.2) is 21.9 Å². The van der Waals surface area contributed by atoms with Gasteiger partial charge >= 0.3 is 0 Å². The predicted octanol–water partition coefficient (Wildman–Crippen LogP) is 2.99. The number of amides is 1. The van der Waals surface area contributed by atoms with Gasteiger partial charge in [0.1, 0.15) is 0 Å². The number of nitrogens with one attached hydrogen (secondary N) is 2. The first-order valence-electron chi connectivity index (χ1n) is 9.48. The molecule has 1 unspecified atom stereocenters. The Kier molecular flexibility index (Phi) is 3.11. The van der Waals surface area contributed by atoms with Gasteiger partial charge in [0.15, 0.2) is 0 Å². The second-order valence-corrected chi connectivity index (χ2v) is 8.93. The molecule has 2 N–H and O–H groups in total. The van der Waals surface area contributed by atoms with Crippen molar-refractivity contribution in [2.75, 3.05) is 0 Å². The quantitative estimate of drug-likeness (QED) is 0.901. The van der Waals surface area contributed by atoms with E-state index >= 15 is 0 Å². The van der Waals surface area contributed by atoms with Crippen LogP contribution in [-0.2, 0) is 17.6 Å². The van der Waals surface area contributed by atoms with E-state index in [0.717, 1.165) is 43.4 Å². The number of carbonyl (C=O) groups is 1. The fraction of sp³-hybridized carbons (Fsp3) is 0.789. The molecule has 0 radical (unpaired) electrons. The molecule has 4 nitrogen and oxygen atoms in total. The maximum Gasteiger partial charge on any atom is 0.220 e. The number of hydrogen-bond donors (Lipinski definition) is 2. The van der Waals surface area contributed by atoms with Crippen molar-refractivity contribution >= 4 is 5.91 Å². The standard InChI is InChI=1S/C19H27N3O/c23-18(22-15-1-2-16-17(6-15)21-11-20-16)10-19-7-12-3-13(8-19)5-14(4-12)9-19/h11-15H,1-10H2,(H,20,21)(H,22,23). The molecule has 0 aliphatic heterocycles. The first-order valence-corrected chi connectivity index (χ1v) is 9.48. The summed E-state index contributed by atoms with van der Waals surface area (Å²) < 4.78 is 0. The summed E-state index contributed by atoms with van der Waals surface area (Å²) in [5.41, 5.74) is 2.76. The lowest BCUT2D eigenvalue weighted by molar-refractivity contribution is -0.130. The number of imidazole rings is 1. The minimum Gasteiger partial charge on any atom is -0.353 e. The number of H-pyrrole nitrogens is 1. The van der Waals surface area contributed by atoms with Crippen molar-refractivity contribution in [1.29, 1.82) is 0 Å². The van der Waals surface area contributed by atoms with Crippen LogP contribution in [0.4, 0.5) is 0 Å². The van der Waals surface area contributed by atoms with Crippen molar-refractivity contribution in [3.05, 3.63) is 17.7 Å². The fourth-order valence-corrected chi connectivity index (χ4v) is 6.65. The number of aromatic amines is 1. The molecule has 1 aromatic heterocycles. The van der Waals surface area contributed by atoms with Crippen LogP contribution in [0.5, 0.6) is 0 Å². The summed E-state index contributed by atoms with van der Waals surface area (Å²) in [7, 11) is 0. The lowest BCUT2D eigenvalue weighted by Gasteiger charge is -2.56. The molecule has 1 amide bonds. The molecule has 4 bridgehead atoms. The predicted molar refractivity (Wildman–Crippen MR) is 87.8 cm³/mol. The van der Waals surface area contributed by atoms with Gasteiger partial charge in [0.2, 0.25) is 5.91 Å². The van der Waals surface area contributed by atoms with Crippen molar-refractivity contribution in [3.8, 4) is 0 Å². The van der Waals surface area contributed by atoms with Crippen molar-refractivity contribution in [2.24, 2.45) is 23.2 Å². The van der Waals surface area contributed by atoms with E-state index in [1.807, 2.05) is 0 Å². The average Bonchev–Trinajstić information content (AvgIpc) is 2.92. The highest BCUT2D eigenvalue weighted by Gasteiger charge is 2.51. The molecule has 124 valence electrons. The number of carbonyl (C=O) groups excluding carboxylic acids is 1. The van der Waals surface area contributed by atoms with Gasteiger partial charge < -0.3 is 10.3 Å². The number of nitrogens with zero attached hydrogens (tertiary/aromatic N) is 1. The zero-order valence-corrected chi connectivity index (χ0v) is 13.8. The fourth-order valence-electron chi connectivity index (χ4n) is 6.65. The van der Waals surface area contributed by atoms with Crippen LogP contribution in [0.25, 0.3) is 0 Å². The van der Waals surface area contributed by atoms with Crippen molar-refractivity contribution in [1.82, 2.24) is 15.3 Å². The molecule has 23 heavy (non-hydrogen) atoms. The summed E-state index contributed by atoms with van der Waals surface area (Å²) in [6.45, 7) is 0. The third-order valence-electron chi connectivity index (χ3n) is 7.05. The zero-order chi connectivity index (χ0) is 15.4. The lowest BCUT2D eigenvalue weighted by Crippen LogP contribution is -2.49. The van der Waals surface area contributed by atoms with E-state index in [0.29, 0.717) is 17.4 Å². The van der Waals surface area contributed by atoms with Crippen LogP contribution in [0.15, 0.2) is 6.33 Å². The Balaban J connectivity index is 1.23. The zero-order valence-electron chi connectivity index (χ0n) is 13.8. The van der Waals surface area contributed by atoms with Crippen LogP contribution in [0.1, 0.15) is 62.8 Å². The first kappa shape index (κ1) is 14.1. The van der Waals surface area contributed by atoms with Gasteiger partial charge in [-0.15, -0.1) is 0 Å². The highest BCUT2D eigenvalue weighted by molar-refractivity contribution is 5.77. The second-order valence-electron chi connectivity index (χ2n) is 8.93. The van der Waals surface area contributed by atoms with Crippen molar-refractivity contribution in [2.45, 2.75) is 70.3 Å². The van der Waals surface area contributed by atoms with E-state index in [1.54, 1.807) is 6.33 Å². The van der Waals surface area contributed by atoms with Gasteiger partial charge in [-0.25, -0.2) is 4.98 Å². The molecule has 6 rings (SSSR count). The van der Waals surface area contributed by atoms with E-state index in [-0.39, 0.29) is 0 Å². The molecule has 1 heterocycles. The molecule has 1 aromatic rings. The monoisotopic (exact) mass is 313 g/mol. The normalized spacial score (nSPS) is 40.9.